The van der Waals surface area contributed by atoms with Crippen LogP contribution in [0.1, 0.15) is 47.9 Å². The van der Waals surface area contributed by atoms with Gasteiger partial charge in [0.2, 0.25) is 0 Å². The van der Waals surface area contributed by atoms with Crippen molar-refractivity contribution in [2.75, 3.05) is 0 Å². The molecule has 4 bridgehead atoms. The number of rotatable bonds is 0. The second kappa shape index (κ2) is 8.59. The molecule has 4 aromatic heterocycles. The lowest BCUT2D eigenvalue weighted by molar-refractivity contribution is 0.125. The number of aromatic nitrogens is 4. The molecule has 44 heavy (non-hydrogen) atoms. The van der Waals surface area contributed by atoms with Gasteiger partial charge < -0.3 is 0 Å². The third-order valence-electron chi connectivity index (χ3n) is 12.1. The summed E-state index contributed by atoms with van der Waals surface area (Å²) in [7, 11) is 0. The first-order chi connectivity index (χ1) is 21.8. The van der Waals surface area contributed by atoms with Crippen molar-refractivity contribution in [3.05, 3.63) is 118 Å². The van der Waals surface area contributed by atoms with Gasteiger partial charge >= 0.3 is 0 Å². The molecule has 0 amide bonds. The number of fused-ring (bicyclic) bond motifs is 12. The summed E-state index contributed by atoms with van der Waals surface area (Å²) < 4.78 is 0. The monoisotopic (exact) mass is 568 g/mol. The van der Waals surface area contributed by atoms with Gasteiger partial charge in [-0.05, 0) is 122 Å². The number of allylic oxidation sites excluding steroid dienone is 4. The Morgan fingerprint density at radius 1 is 0.386 bits per heavy atom. The molecule has 212 valence electrons. The van der Waals surface area contributed by atoms with Crippen molar-refractivity contribution in [3.63, 3.8) is 0 Å². The van der Waals surface area contributed by atoms with Gasteiger partial charge in [-0.25, -0.2) is 0 Å². The normalized spacial score (nSPS) is 25.3. The van der Waals surface area contributed by atoms with E-state index in [1.54, 1.807) is 11.1 Å². The maximum Gasteiger partial charge on any atom is 0.0967 e. The number of nitrogens with zero attached hydrogens (tertiary/aromatic N) is 4. The number of benzene rings is 2. The van der Waals surface area contributed by atoms with Crippen LogP contribution in [-0.4, -0.2) is 19.9 Å². The van der Waals surface area contributed by atoms with Gasteiger partial charge in [-0.2, -0.15) is 0 Å². The highest BCUT2D eigenvalue weighted by Crippen LogP contribution is 2.61. The van der Waals surface area contributed by atoms with E-state index in [1.165, 1.54) is 69.5 Å². The summed E-state index contributed by atoms with van der Waals surface area (Å²) in [6.45, 7) is 0. The van der Waals surface area contributed by atoms with Gasteiger partial charge in [0, 0.05) is 46.3 Å². The van der Waals surface area contributed by atoms with Crippen LogP contribution in [0, 0.1) is 23.7 Å². The molecule has 0 saturated heterocycles. The number of hydrogen-bond donors (Lipinski definition) is 0. The molecule has 4 heteroatoms. The molecular weight excluding hydrogens is 536 g/mol. The standard InChI is InChI=1S/C40H32N4/c1-5-27-31-17-25(18-32(31)28-6-2-10-42-38(28)37(27)41-9-1)35-21-13-23-15-22(35)16-24(14-21)36(23)26-19-33-29-7-3-11-43-39(29)40-30(34(33)20-26)8-4-12-44-40/h1-12,21-24H,13-20H2. The van der Waals surface area contributed by atoms with E-state index < -0.39 is 0 Å². The molecule has 4 nitrogen and oxygen atoms in total. The van der Waals surface area contributed by atoms with Gasteiger partial charge in [-0.15, -0.1) is 0 Å². The fourth-order valence-corrected chi connectivity index (χ4v) is 10.8. The van der Waals surface area contributed by atoms with Gasteiger partial charge in [-0.1, -0.05) is 46.6 Å². The van der Waals surface area contributed by atoms with Crippen LogP contribution in [-0.2, 0) is 25.7 Å². The van der Waals surface area contributed by atoms with Gasteiger partial charge in [0.1, 0.15) is 0 Å². The molecule has 0 aliphatic heterocycles. The molecule has 4 fully saturated rings. The molecule has 0 N–H and O–H groups in total. The molecule has 0 spiro atoms. The molecule has 0 unspecified atom stereocenters. The largest absolute Gasteiger partial charge is 0.254 e. The topological polar surface area (TPSA) is 51.6 Å². The van der Waals surface area contributed by atoms with Crippen LogP contribution >= 0.6 is 0 Å². The second-order valence-electron chi connectivity index (χ2n) is 14.1. The van der Waals surface area contributed by atoms with Crippen LogP contribution in [0.25, 0.3) is 43.6 Å². The maximum absolute atomic E-state index is 4.80. The predicted molar refractivity (Wildman–Crippen MR) is 175 cm³/mol. The highest BCUT2D eigenvalue weighted by Gasteiger charge is 2.50. The van der Waals surface area contributed by atoms with Crippen molar-refractivity contribution in [1.29, 1.82) is 0 Å². The van der Waals surface area contributed by atoms with E-state index in [4.69, 9.17) is 19.9 Å². The van der Waals surface area contributed by atoms with E-state index in [0.29, 0.717) is 0 Å². The minimum atomic E-state index is 0.763. The molecule has 0 radical (unpaired) electrons. The third kappa shape index (κ3) is 3.09. The van der Waals surface area contributed by atoms with E-state index >= 15 is 0 Å². The zero-order valence-electron chi connectivity index (χ0n) is 24.7. The minimum Gasteiger partial charge on any atom is -0.254 e. The molecule has 6 aromatic rings. The van der Waals surface area contributed by atoms with Crippen LogP contribution in [0.15, 0.2) is 95.6 Å². The molecule has 0 atom stereocenters. The number of pyridine rings is 4. The molecule has 6 aliphatic carbocycles. The van der Waals surface area contributed by atoms with E-state index in [0.717, 1.165) is 71.4 Å². The van der Waals surface area contributed by atoms with Crippen LogP contribution in [0.2, 0.25) is 0 Å². The zero-order chi connectivity index (χ0) is 28.5. The SMILES string of the molecule is c1cnc2c(c1)c1c(c3cccnc32)CC(=C2C3CC4CC2CC(C3)C4=C2Cc3c(c4cccnc4c4ncccc34)C2)C1. The summed E-state index contributed by atoms with van der Waals surface area (Å²) in [4.78, 5) is 19.2. The quantitative estimate of drug-likeness (QED) is 0.136. The lowest BCUT2D eigenvalue weighted by Crippen LogP contribution is -2.43. The van der Waals surface area contributed by atoms with Crippen LogP contribution in [0.4, 0.5) is 0 Å². The van der Waals surface area contributed by atoms with E-state index in [9.17, 15) is 0 Å². The van der Waals surface area contributed by atoms with Crippen LogP contribution < -0.4 is 0 Å². The van der Waals surface area contributed by atoms with E-state index in [2.05, 4.69) is 48.5 Å². The van der Waals surface area contributed by atoms with E-state index in [-0.39, 0.29) is 0 Å². The van der Waals surface area contributed by atoms with E-state index in [1.807, 2.05) is 35.9 Å². The first-order valence-corrected chi connectivity index (χ1v) is 16.5. The summed E-state index contributed by atoms with van der Waals surface area (Å²) in [6, 6.07) is 17.5. The van der Waals surface area contributed by atoms with Gasteiger partial charge in [0.05, 0.1) is 22.1 Å². The molecule has 4 heterocycles. The summed E-state index contributed by atoms with van der Waals surface area (Å²) in [5.74, 6) is 3.05. The predicted octanol–water partition coefficient (Wildman–Crippen LogP) is 8.44. The summed E-state index contributed by atoms with van der Waals surface area (Å²) in [5.41, 5.74) is 17.5. The fraction of sp³-hybridized carbons (Fsp3) is 0.300. The molecule has 12 rings (SSSR count). The summed E-state index contributed by atoms with van der Waals surface area (Å²) >= 11 is 0. The van der Waals surface area contributed by atoms with Crippen molar-refractivity contribution >= 4 is 43.6 Å². The molecule has 2 aromatic carbocycles. The Balaban J connectivity index is 0.976. The Morgan fingerprint density at radius 2 is 0.659 bits per heavy atom. The van der Waals surface area contributed by atoms with Crippen LogP contribution in [0.5, 0.6) is 0 Å². The van der Waals surface area contributed by atoms with Crippen molar-refractivity contribution in [2.24, 2.45) is 23.7 Å². The fourth-order valence-electron chi connectivity index (χ4n) is 10.8. The van der Waals surface area contributed by atoms with Crippen molar-refractivity contribution in [2.45, 2.75) is 51.4 Å². The smallest absolute Gasteiger partial charge is 0.0967 e. The average molecular weight is 569 g/mol. The van der Waals surface area contributed by atoms with Gasteiger partial charge in [0.25, 0.3) is 0 Å². The lowest BCUT2D eigenvalue weighted by atomic mass is 9.51. The molecule has 6 aliphatic rings. The molecular formula is C40H32N4. The Labute approximate surface area is 256 Å². The van der Waals surface area contributed by atoms with Crippen LogP contribution in [0.3, 0.4) is 0 Å². The van der Waals surface area contributed by atoms with Gasteiger partial charge in [0.15, 0.2) is 0 Å². The first-order valence-electron chi connectivity index (χ1n) is 16.5. The second-order valence-corrected chi connectivity index (χ2v) is 14.1. The highest BCUT2D eigenvalue weighted by atomic mass is 14.7. The summed E-state index contributed by atoms with van der Waals surface area (Å²) in [5, 5.41) is 5.25. The minimum absolute atomic E-state index is 0.763. The maximum atomic E-state index is 4.80. The van der Waals surface area contributed by atoms with Crippen molar-refractivity contribution < 1.29 is 0 Å². The Bertz CT molecular complexity index is 2000. The Morgan fingerprint density at radius 3 is 0.932 bits per heavy atom. The number of hydrogen-bond acceptors (Lipinski definition) is 4. The zero-order valence-corrected chi connectivity index (χ0v) is 24.7. The summed E-state index contributed by atoms with van der Waals surface area (Å²) in [6.07, 6.45) is 17.5. The molecule has 4 saturated carbocycles. The Hall–Kier alpha value is -4.44. The lowest BCUT2D eigenvalue weighted by Gasteiger charge is -2.54. The first kappa shape index (κ1) is 23.9. The highest BCUT2D eigenvalue weighted by molar-refractivity contribution is 6.08. The van der Waals surface area contributed by atoms with Crippen molar-refractivity contribution in [1.82, 2.24) is 19.9 Å². The Kier molecular flexibility index (Phi) is 4.68. The van der Waals surface area contributed by atoms with Gasteiger partial charge in [-0.3, -0.25) is 19.9 Å². The average Bonchev–Trinajstić information content (AvgIpc) is 3.71. The van der Waals surface area contributed by atoms with Crippen molar-refractivity contribution in [3.8, 4) is 0 Å². The third-order valence-corrected chi connectivity index (χ3v) is 12.1.